The van der Waals surface area contributed by atoms with Crippen molar-refractivity contribution in [3.05, 3.63) is 72.1 Å². The Kier molecular flexibility index (Phi) is 2.50. The second-order valence-corrected chi connectivity index (χ2v) is 3.08. The van der Waals surface area contributed by atoms with Gasteiger partial charge in [0.05, 0.1) is 6.42 Å². The van der Waals surface area contributed by atoms with Gasteiger partial charge in [-0.3, -0.25) is 0 Å². The van der Waals surface area contributed by atoms with Gasteiger partial charge in [0.15, 0.2) is 0 Å². The van der Waals surface area contributed by atoms with Crippen molar-refractivity contribution in [2.75, 3.05) is 5.73 Å². The molecule has 1 nitrogen and oxygen atoms in total. The summed E-state index contributed by atoms with van der Waals surface area (Å²) in [6, 6.07) is 17.7. The quantitative estimate of drug-likeness (QED) is 0.708. The fourth-order valence-electron chi connectivity index (χ4n) is 1.29. The number of hydrogen-bond acceptors (Lipinski definition) is 1. The fourth-order valence-corrected chi connectivity index (χ4v) is 1.29. The van der Waals surface area contributed by atoms with Crippen LogP contribution in [0.1, 0.15) is 11.1 Å². The van der Waals surface area contributed by atoms with Crippen molar-refractivity contribution in [2.24, 2.45) is 0 Å². The first kappa shape index (κ1) is 8.82. The van der Waals surface area contributed by atoms with Gasteiger partial charge >= 0.3 is 0 Å². The molecule has 2 aromatic rings. The topological polar surface area (TPSA) is 26.0 Å². The summed E-state index contributed by atoms with van der Waals surface area (Å²) in [5.74, 6) is 0. The summed E-state index contributed by atoms with van der Waals surface area (Å²) in [4.78, 5) is 0. The van der Waals surface area contributed by atoms with E-state index in [0.717, 1.165) is 16.8 Å². The van der Waals surface area contributed by atoms with Crippen molar-refractivity contribution in [3.63, 3.8) is 0 Å². The average molecular weight is 181 g/mol. The minimum Gasteiger partial charge on any atom is -0.398 e. The highest BCUT2D eigenvalue weighted by Gasteiger charge is 1.99. The average Bonchev–Trinajstić information content (AvgIpc) is 2.23. The van der Waals surface area contributed by atoms with Gasteiger partial charge in [-0.2, -0.15) is 0 Å². The van der Waals surface area contributed by atoms with Crippen LogP contribution < -0.4 is 5.73 Å². The predicted molar refractivity (Wildman–Crippen MR) is 58.7 cm³/mol. The van der Waals surface area contributed by atoms with E-state index in [-0.39, 0.29) is 0 Å². The van der Waals surface area contributed by atoms with Crippen LogP contribution in [-0.2, 0) is 0 Å². The van der Waals surface area contributed by atoms with E-state index in [4.69, 9.17) is 5.73 Å². The zero-order valence-corrected chi connectivity index (χ0v) is 7.77. The van der Waals surface area contributed by atoms with E-state index in [0.29, 0.717) is 0 Å². The maximum Gasteiger partial charge on any atom is 0.0523 e. The molecule has 0 unspecified atom stereocenters. The first-order valence-corrected chi connectivity index (χ1v) is 4.53. The first-order chi connectivity index (χ1) is 6.86. The van der Waals surface area contributed by atoms with E-state index in [9.17, 15) is 0 Å². The molecule has 2 radical (unpaired) electrons. The van der Waals surface area contributed by atoms with Crippen molar-refractivity contribution in [1.82, 2.24) is 0 Å². The fraction of sp³-hybridized carbons (Fsp3) is 0. The van der Waals surface area contributed by atoms with E-state index < -0.39 is 0 Å². The van der Waals surface area contributed by atoms with Crippen LogP contribution in [-0.4, -0.2) is 0 Å². The standard InChI is InChI=1S/C13H11N/c14-13-9-5-4-8-12(13)10-11-6-2-1-3-7-11/h1-9H,14H2. The van der Waals surface area contributed by atoms with Crippen molar-refractivity contribution in [2.45, 2.75) is 0 Å². The number of hydrogen-bond donors (Lipinski definition) is 1. The zero-order valence-electron chi connectivity index (χ0n) is 7.77. The molecule has 0 amide bonds. The Hall–Kier alpha value is -1.76. The molecule has 0 spiro atoms. The molecule has 0 saturated heterocycles. The van der Waals surface area contributed by atoms with Gasteiger partial charge in [0, 0.05) is 5.69 Å². The smallest absolute Gasteiger partial charge is 0.0523 e. The van der Waals surface area contributed by atoms with Crippen molar-refractivity contribution in [1.29, 1.82) is 0 Å². The molecule has 14 heavy (non-hydrogen) atoms. The third kappa shape index (κ3) is 1.94. The van der Waals surface area contributed by atoms with Crippen molar-refractivity contribution in [3.8, 4) is 0 Å². The monoisotopic (exact) mass is 181 g/mol. The second-order valence-electron chi connectivity index (χ2n) is 3.08. The summed E-state index contributed by atoms with van der Waals surface area (Å²) in [7, 11) is 0. The molecule has 0 saturated carbocycles. The molecular formula is C13H11N. The molecule has 2 rings (SSSR count). The van der Waals surface area contributed by atoms with Gasteiger partial charge in [0.25, 0.3) is 0 Å². The van der Waals surface area contributed by atoms with E-state index in [2.05, 4.69) is 6.42 Å². The largest absolute Gasteiger partial charge is 0.398 e. The van der Waals surface area contributed by atoms with Gasteiger partial charge in [-0.25, -0.2) is 0 Å². The molecule has 0 aliphatic carbocycles. The summed E-state index contributed by atoms with van der Waals surface area (Å²) in [5.41, 5.74) is 8.56. The molecule has 68 valence electrons. The molecule has 2 N–H and O–H groups in total. The Bertz CT molecular complexity index is 407. The lowest BCUT2D eigenvalue weighted by molar-refractivity contribution is 1.43. The van der Waals surface area contributed by atoms with Gasteiger partial charge in [-0.1, -0.05) is 48.5 Å². The van der Waals surface area contributed by atoms with Crippen LogP contribution in [0.15, 0.2) is 54.6 Å². The van der Waals surface area contributed by atoms with Gasteiger partial charge in [0.2, 0.25) is 0 Å². The van der Waals surface area contributed by atoms with Gasteiger partial charge in [-0.05, 0) is 17.2 Å². The highest BCUT2D eigenvalue weighted by molar-refractivity contribution is 5.54. The highest BCUT2D eigenvalue weighted by Crippen LogP contribution is 2.17. The number of para-hydroxylation sites is 1. The summed E-state index contributed by atoms with van der Waals surface area (Å²) in [6.07, 6.45) is 3.25. The molecule has 0 aliphatic heterocycles. The van der Waals surface area contributed by atoms with E-state index in [1.807, 2.05) is 54.6 Å². The molecule has 0 fully saturated rings. The number of nitrogen functional groups attached to an aromatic ring is 1. The van der Waals surface area contributed by atoms with Crippen LogP contribution >= 0.6 is 0 Å². The van der Waals surface area contributed by atoms with E-state index in [1.54, 1.807) is 0 Å². The summed E-state index contributed by atoms with van der Waals surface area (Å²) < 4.78 is 0. The van der Waals surface area contributed by atoms with E-state index >= 15 is 0 Å². The van der Waals surface area contributed by atoms with Crippen LogP contribution in [0.4, 0.5) is 5.69 Å². The van der Waals surface area contributed by atoms with Gasteiger partial charge in [0.1, 0.15) is 0 Å². The first-order valence-electron chi connectivity index (χ1n) is 4.53. The maximum atomic E-state index is 5.81. The second kappa shape index (κ2) is 3.97. The number of anilines is 1. The van der Waals surface area contributed by atoms with E-state index in [1.165, 1.54) is 0 Å². The minimum atomic E-state index is 0.761. The van der Waals surface area contributed by atoms with Crippen LogP contribution in [0.3, 0.4) is 0 Å². The third-order valence-electron chi connectivity index (χ3n) is 2.01. The highest BCUT2D eigenvalue weighted by atomic mass is 14.6. The molecule has 0 bridgehead atoms. The lowest BCUT2D eigenvalue weighted by Gasteiger charge is -2.03. The zero-order chi connectivity index (χ0) is 9.80. The van der Waals surface area contributed by atoms with Gasteiger partial charge < -0.3 is 5.73 Å². The van der Waals surface area contributed by atoms with Crippen molar-refractivity contribution >= 4 is 5.69 Å². The number of nitrogens with two attached hydrogens (primary N) is 1. The molecule has 0 aromatic heterocycles. The van der Waals surface area contributed by atoms with Gasteiger partial charge in [-0.15, -0.1) is 0 Å². The summed E-state index contributed by atoms with van der Waals surface area (Å²) in [5, 5.41) is 0. The van der Waals surface area contributed by atoms with Crippen LogP contribution in [0, 0.1) is 6.42 Å². The SMILES string of the molecule is Nc1ccccc1[C]c1ccccc1. The van der Waals surface area contributed by atoms with Crippen LogP contribution in [0.5, 0.6) is 0 Å². The molecule has 0 aliphatic rings. The lowest BCUT2D eigenvalue weighted by Crippen LogP contribution is -1.92. The van der Waals surface area contributed by atoms with Crippen LogP contribution in [0.2, 0.25) is 0 Å². The Balaban J connectivity index is 2.24. The minimum absolute atomic E-state index is 0.761. The summed E-state index contributed by atoms with van der Waals surface area (Å²) >= 11 is 0. The molecule has 2 aromatic carbocycles. The Morgan fingerprint density at radius 1 is 0.786 bits per heavy atom. The summed E-state index contributed by atoms with van der Waals surface area (Å²) in [6.45, 7) is 0. The third-order valence-corrected chi connectivity index (χ3v) is 2.01. The Morgan fingerprint density at radius 2 is 1.43 bits per heavy atom. The van der Waals surface area contributed by atoms with Crippen molar-refractivity contribution < 1.29 is 0 Å². The number of rotatable bonds is 2. The van der Waals surface area contributed by atoms with Crippen LogP contribution in [0.25, 0.3) is 0 Å². The molecule has 0 atom stereocenters. The molecular weight excluding hydrogens is 170 g/mol. The normalized spacial score (nSPS) is 10.0. The Labute approximate surface area is 84.2 Å². The predicted octanol–water partition coefficient (Wildman–Crippen LogP) is 2.75. The Morgan fingerprint density at radius 3 is 2.14 bits per heavy atom. The number of benzene rings is 2. The molecule has 1 heteroatoms. The lowest BCUT2D eigenvalue weighted by atomic mass is 10.0. The molecule has 0 heterocycles. The maximum absolute atomic E-state index is 5.81.